The van der Waals surface area contributed by atoms with Gasteiger partial charge in [-0.05, 0) is 43.5 Å². The van der Waals surface area contributed by atoms with Gasteiger partial charge in [-0.3, -0.25) is 14.2 Å². The van der Waals surface area contributed by atoms with Gasteiger partial charge in [-0.15, -0.1) is 0 Å². The van der Waals surface area contributed by atoms with Gasteiger partial charge in [0, 0.05) is 54.5 Å². The van der Waals surface area contributed by atoms with Crippen molar-refractivity contribution in [3.8, 4) is 22.5 Å². The number of nitrogens with zero attached hydrogens (tertiary/aromatic N) is 4. The van der Waals surface area contributed by atoms with Crippen LogP contribution in [0.15, 0.2) is 61.2 Å². The zero-order valence-corrected chi connectivity index (χ0v) is 17.5. The summed E-state index contributed by atoms with van der Waals surface area (Å²) in [6, 6.07) is 11.7. The molecule has 0 atom stereocenters. The Labute approximate surface area is 185 Å². The van der Waals surface area contributed by atoms with E-state index in [1.165, 1.54) is 0 Å². The smallest absolute Gasteiger partial charge is 0.251 e. The van der Waals surface area contributed by atoms with Crippen molar-refractivity contribution in [2.75, 3.05) is 18.5 Å². The quantitative estimate of drug-likeness (QED) is 0.373. The van der Waals surface area contributed by atoms with Crippen LogP contribution < -0.4 is 10.6 Å². The van der Waals surface area contributed by atoms with Crippen LogP contribution in [0.3, 0.4) is 0 Å². The van der Waals surface area contributed by atoms with Crippen molar-refractivity contribution in [1.29, 1.82) is 0 Å². The Bertz CT molecular complexity index is 1230. The lowest BCUT2D eigenvalue weighted by Gasteiger charge is -2.11. The number of aliphatic hydroxyl groups is 1. The van der Waals surface area contributed by atoms with Crippen molar-refractivity contribution in [2.45, 2.75) is 25.3 Å². The molecule has 3 N–H and O–H groups in total. The second kappa shape index (κ2) is 8.76. The van der Waals surface area contributed by atoms with E-state index in [4.69, 9.17) is 10.1 Å². The maximum Gasteiger partial charge on any atom is 0.251 e. The molecule has 1 aromatic carbocycles. The van der Waals surface area contributed by atoms with Crippen LogP contribution in [0.25, 0.3) is 28.2 Å². The van der Waals surface area contributed by atoms with E-state index in [1.807, 2.05) is 53.2 Å². The molecule has 8 heteroatoms. The van der Waals surface area contributed by atoms with E-state index in [9.17, 15) is 4.79 Å². The molecule has 5 rings (SSSR count). The normalized spacial score (nSPS) is 13.3. The van der Waals surface area contributed by atoms with Gasteiger partial charge in [0.15, 0.2) is 11.5 Å². The van der Waals surface area contributed by atoms with E-state index in [0.29, 0.717) is 36.0 Å². The zero-order valence-electron chi connectivity index (χ0n) is 17.5. The van der Waals surface area contributed by atoms with Crippen molar-refractivity contribution < 1.29 is 9.90 Å². The van der Waals surface area contributed by atoms with Gasteiger partial charge in [-0.2, -0.15) is 0 Å². The molecule has 0 saturated heterocycles. The highest BCUT2D eigenvalue weighted by Gasteiger charge is 2.23. The number of anilines is 1. The first kappa shape index (κ1) is 20.1. The molecule has 3 heterocycles. The number of amides is 1. The van der Waals surface area contributed by atoms with Gasteiger partial charge in [-0.1, -0.05) is 12.1 Å². The molecule has 32 heavy (non-hydrogen) atoms. The van der Waals surface area contributed by atoms with Crippen molar-refractivity contribution in [3.63, 3.8) is 0 Å². The molecule has 1 aliphatic rings. The van der Waals surface area contributed by atoms with Gasteiger partial charge in [0.2, 0.25) is 0 Å². The Balaban J connectivity index is 1.53. The van der Waals surface area contributed by atoms with Crippen LogP contribution in [0.4, 0.5) is 5.82 Å². The highest BCUT2D eigenvalue weighted by atomic mass is 16.3. The zero-order chi connectivity index (χ0) is 21.9. The fourth-order valence-corrected chi connectivity index (χ4v) is 3.56. The summed E-state index contributed by atoms with van der Waals surface area (Å²) in [5.74, 6) is 0.621. The number of carbonyl (C=O) groups excluding carboxylic acids is 1. The minimum Gasteiger partial charge on any atom is -0.396 e. The summed E-state index contributed by atoms with van der Waals surface area (Å²) < 4.78 is 2.00. The second-order valence-corrected chi connectivity index (χ2v) is 7.88. The van der Waals surface area contributed by atoms with E-state index >= 15 is 0 Å². The average Bonchev–Trinajstić information content (AvgIpc) is 3.54. The number of nitrogens with one attached hydrogen (secondary N) is 2. The largest absolute Gasteiger partial charge is 0.396 e. The first-order valence-electron chi connectivity index (χ1n) is 10.8. The molecule has 3 aromatic heterocycles. The summed E-state index contributed by atoms with van der Waals surface area (Å²) in [6.07, 6.45) is 9.98. The standard InChI is InChI=1S/C24H24N6O2/c31-13-1-10-26-22-23-27-14-21(30(23)15-20(29-22)16-8-11-25-12-9-16)17-2-4-18(5-3-17)24(32)28-19-6-7-19/h2-5,8-9,11-12,14-15,19,31H,1,6-7,10,13H2,(H,26,29)(H,28,32). The third kappa shape index (κ3) is 4.17. The van der Waals surface area contributed by atoms with Gasteiger partial charge < -0.3 is 15.7 Å². The summed E-state index contributed by atoms with van der Waals surface area (Å²) in [7, 11) is 0. The number of hydrogen-bond acceptors (Lipinski definition) is 6. The van der Waals surface area contributed by atoms with Crippen LogP contribution in [0.5, 0.6) is 0 Å². The molecule has 1 aliphatic carbocycles. The SMILES string of the molecule is O=C(NC1CC1)c1ccc(-c2cnc3c(NCCCO)nc(-c4ccncc4)cn23)cc1. The van der Waals surface area contributed by atoms with Gasteiger partial charge in [0.25, 0.3) is 5.91 Å². The average molecular weight is 428 g/mol. The number of carbonyl (C=O) groups is 1. The summed E-state index contributed by atoms with van der Waals surface area (Å²) in [4.78, 5) is 25.8. The highest BCUT2D eigenvalue weighted by Crippen LogP contribution is 2.28. The number of imidazole rings is 1. The molecule has 0 unspecified atom stereocenters. The molecule has 1 fully saturated rings. The highest BCUT2D eigenvalue weighted by molar-refractivity contribution is 5.95. The third-order valence-electron chi connectivity index (χ3n) is 5.45. The van der Waals surface area contributed by atoms with Gasteiger partial charge in [0.1, 0.15) is 0 Å². The monoisotopic (exact) mass is 428 g/mol. The van der Waals surface area contributed by atoms with E-state index in [-0.39, 0.29) is 12.5 Å². The van der Waals surface area contributed by atoms with Crippen LogP contribution >= 0.6 is 0 Å². The van der Waals surface area contributed by atoms with E-state index in [2.05, 4.69) is 20.6 Å². The molecule has 0 bridgehead atoms. The predicted molar refractivity (Wildman–Crippen MR) is 122 cm³/mol. The van der Waals surface area contributed by atoms with E-state index in [1.54, 1.807) is 12.4 Å². The molecule has 0 spiro atoms. The Morgan fingerprint density at radius 3 is 2.59 bits per heavy atom. The number of fused-ring (bicyclic) bond motifs is 1. The molecule has 4 aromatic rings. The maximum atomic E-state index is 12.3. The Kier molecular flexibility index (Phi) is 5.51. The number of hydrogen-bond donors (Lipinski definition) is 3. The minimum atomic E-state index is -0.0308. The fourth-order valence-electron chi connectivity index (χ4n) is 3.56. The minimum absolute atomic E-state index is 0.0308. The van der Waals surface area contributed by atoms with Crippen molar-refractivity contribution >= 4 is 17.4 Å². The molecule has 0 radical (unpaired) electrons. The maximum absolute atomic E-state index is 12.3. The van der Waals surface area contributed by atoms with Crippen LogP contribution in [-0.2, 0) is 0 Å². The molecular weight excluding hydrogens is 404 g/mol. The summed E-state index contributed by atoms with van der Waals surface area (Å²) >= 11 is 0. The molecule has 1 amide bonds. The van der Waals surface area contributed by atoms with Crippen molar-refractivity contribution in [2.24, 2.45) is 0 Å². The van der Waals surface area contributed by atoms with Crippen LogP contribution in [0, 0.1) is 0 Å². The number of aromatic nitrogens is 4. The van der Waals surface area contributed by atoms with E-state index < -0.39 is 0 Å². The third-order valence-corrected chi connectivity index (χ3v) is 5.45. The topological polar surface area (TPSA) is 104 Å². The fraction of sp³-hybridized carbons (Fsp3) is 0.250. The Morgan fingerprint density at radius 1 is 1.09 bits per heavy atom. The predicted octanol–water partition coefficient (Wildman–Crippen LogP) is 3.14. The molecule has 8 nitrogen and oxygen atoms in total. The second-order valence-electron chi connectivity index (χ2n) is 7.88. The summed E-state index contributed by atoms with van der Waals surface area (Å²) in [5, 5.41) is 15.4. The first-order valence-corrected chi connectivity index (χ1v) is 10.8. The van der Waals surface area contributed by atoms with Crippen molar-refractivity contribution in [3.05, 3.63) is 66.7 Å². The summed E-state index contributed by atoms with van der Waals surface area (Å²) in [6.45, 7) is 0.694. The molecule has 162 valence electrons. The lowest BCUT2D eigenvalue weighted by Crippen LogP contribution is -2.25. The van der Waals surface area contributed by atoms with Crippen LogP contribution in [0.2, 0.25) is 0 Å². The van der Waals surface area contributed by atoms with Gasteiger partial charge in [0.05, 0.1) is 17.6 Å². The molecule has 1 saturated carbocycles. The summed E-state index contributed by atoms with van der Waals surface area (Å²) in [5.41, 5.74) is 4.93. The lowest BCUT2D eigenvalue weighted by atomic mass is 10.1. The van der Waals surface area contributed by atoms with Gasteiger partial charge in [-0.25, -0.2) is 9.97 Å². The first-order chi connectivity index (χ1) is 15.7. The number of pyridine rings is 1. The van der Waals surface area contributed by atoms with Gasteiger partial charge >= 0.3 is 0 Å². The molecular formula is C24H24N6O2. The number of rotatable bonds is 8. The van der Waals surface area contributed by atoms with Crippen LogP contribution in [0.1, 0.15) is 29.6 Å². The lowest BCUT2D eigenvalue weighted by molar-refractivity contribution is 0.0951. The van der Waals surface area contributed by atoms with Crippen LogP contribution in [-0.4, -0.2) is 49.6 Å². The number of benzene rings is 1. The Morgan fingerprint density at radius 2 is 1.88 bits per heavy atom. The Hall–Kier alpha value is -3.78. The molecule has 0 aliphatic heterocycles. The number of aliphatic hydroxyl groups excluding tert-OH is 1. The van der Waals surface area contributed by atoms with Crippen molar-refractivity contribution in [1.82, 2.24) is 24.7 Å². The van der Waals surface area contributed by atoms with E-state index in [0.717, 1.165) is 35.4 Å².